The Hall–Kier alpha value is -1.66. The van der Waals surface area contributed by atoms with Crippen molar-refractivity contribution in [1.29, 1.82) is 0 Å². The topological polar surface area (TPSA) is 82.1 Å². The molecule has 6 heteroatoms. The predicted molar refractivity (Wildman–Crippen MR) is 76.2 cm³/mol. The Labute approximate surface area is 118 Å². The Morgan fingerprint density at radius 1 is 1.35 bits per heavy atom. The van der Waals surface area contributed by atoms with Crippen molar-refractivity contribution >= 4 is 5.84 Å². The van der Waals surface area contributed by atoms with Crippen molar-refractivity contribution in [2.24, 2.45) is 10.9 Å². The van der Waals surface area contributed by atoms with Crippen LogP contribution in [0.15, 0.2) is 23.4 Å². The molecule has 0 saturated heterocycles. The number of aliphatic hydroxyl groups excluding tert-OH is 1. The number of benzene rings is 1. The number of aliphatic hydroxyl groups is 1. The lowest BCUT2D eigenvalue weighted by Crippen LogP contribution is -2.21. The minimum Gasteiger partial charge on any atom is -0.409 e. The summed E-state index contributed by atoms with van der Waals surface area (Å²) in [6.45, 7) is 1.49. The van der Waals surface area contributed by atoms with Crippen molar-refractivity contribution < 1.29 is 14.7 Å². The molecule has 1 aromatic rings. The summed E-state index contributed by atoms with van der Waals surface area (Å²) in [6, 6.07) is 4.86. The van der Waals surface area contributed by atoms with Gasteiger partial charge in [0.05, 0.1) is 5.56 Å². The number of hydrogen-bond donors (Lipinski definition) is 3. The van der Waals surface area contributed by atoms with Crippen LogP contribution in [0.1, 0.15) is 30.4 Å². The molecule has 0 atom stereocenters. The lowest BCUT2D eigenvalue weighted by Gasteiger charge is -2.17. The molecular weight excluding hydrogens is 261 g/mol. The smallest absolute Gasteiger partial charge is 0.173 e. The van der Waals surface area contributed by atoms with E-state index in [-0.39, 0.29) is 18.0 Å². The van der Waals surface area contributed by atoms with Crippen LogP contribution in [0.25, 0.3) is 0 Å². The zero-order valence-corrected chi connectivity index (χ0v) is 11.7. The number of amidine groups is 1. The Bertz CT molecular complexity index is 452. The Kier molecular flexibility index (Phi) is 6.97. The van der Waals surface area contributed by atoms with Crippen LogP contribution in [0, 0.1) is 5.82 Å². The fourth-order valence-corrected chi connectivity index (χ4v) is 1.99. The summed E-state index contributed by atoms with van der Waals surface area (Å²) in [5, 5.41) is 20.1. The molecule has 0 aliphatic heterocycles. The van der Waals surface area contributed by atoms with Crippen LogP contribution >= 0.6 is 0 Å². The van der Waals surface area contributed by atoms with Crippen molar-refractivity contribution in [2.75, 3.05) is 20.2 Å². The van der Waals surface area contributed by atoms with E-state index in [1.54, 1.807) is 12.1 Å². The quantitative estimate of drug-likeness (QED) is 0.222. The second kappa shape index (κ2) is 8.50. The van der Waals surface area contributed by atoms with E-state index in [0.29, 0.717) is 12.1 Å². The third kappa shape index (κ3) is 4.79. The molecule has 20 heavy (non-hydrogen) atoms. The van der Waals surface area contributed by atoms with Crippen LogP contribution in [0.2, 0.25) is 0 Å². The van der Waals surface area contributed by atoms with Crippen LogP contribution in [0.3, 0.4) is 0 Å². The molecule has 0 radical (unpaired) electrons. The SMILES string of the molecule is CN(CCCCCO)Cc1cccc(/C(N)=N/O)c1F. The van der Waals surface area contributed by atoms with E-state index in [4.69, 9.17) is 16.0 Å². The number of hydrogen-bond acceptors (Lipinski definition) is 4. The molecule has 0 saturated carbocycles. The number of unbranched alkanes of at least 4 members (excludes halogenated alkanes) is 2. The zero-order chi connectivity index (χ0) is 15.0. The van der Waals surface area contributed by atoms with Gasteiger partial charge in [0, 0.05) is 18.7 Å². The largest absolute Gasteiger partial charge is 0.409 e. The van der Waals surface area contributed by atoms with Gasteiger partial charge < -0.3 is 20.9 Å². The van der Waals surface area contributed by atoms with Crippen molar-refractivity contribution in [2.45, 2.75) is 25.8 Å². The van der Waals surface area contributed by atoms with Crippen molar-refractivity contribution in [3.05, 3.63) is 35.1 Å². The highest BCUT2D eigenvalue weighted by Crippen LogP contribution is 2.15. The predicted octanol–water partition coefficient (Wildman–Crippen LogP) is 1.51. The molecule has 1 aromatic carbocycles. The first-order chi connectivity index (χ1) is 9.60. The molecule has 5 nitrogen and oxygen atoms in total. The van der Waals surface area contributed by atoms with E-state index >= 15 is 0 Å². The van der Waals surface area contributed by atoms with Crippen LogP contribution < -0.4 is 5.73 Å². The molecule has 0 heterocycles. The third-order valence-corrected chi connectivity index (χ3v) is 3.10. The number of halogens is 1. The standard InChI is InChI=1S/C14H22FN3O2/c1-18(8-3-2-4-9-19)10-11-6-5-7-12(13(11)15)14(16)17-20/h5-7,19-20H,2-4,8-10H2,1H3,(H2,16,17). The highest BCUT2D eigenvalue weighted by atomic mass is 19.1. The highest BCUT2D eigenvalue weighted by Gasteiger charge is 2.12. The minimum absolute atomic E-state index is 0.110. The fraction of sp³-hybridized carbons (Fsp3) is 0.500. The molecule has 0 aliphatic rings. The van der Waals surface area contributed by atoms with Gasteiger partial charge in [-0.15, -0.1) is 0 Å². The van der Waals surface area contributed by atoms with Gasteiger partial charge in [-0.3, -0.25) is 0 Å². The van der Waals surface area contributed by atoms with Gasteiger partial charge in [0.25, 0.3) is 0 Å². The molecule has 0 bridgehead atoms. The lowest BCUT2D eigenvalue weighted by atomic mass is 10.1. The van der Waals surface area contributed by atoms with Gasteiger partial charge in [-0.05, 0) is 38.9 Å². The molecule has 0 fully saturated rings. The minimum atomic E-state index is -0.454. The van der Waals surface area contributed by atoms with E-state index < -0.39 is 5.82 Å². The number of nitrogens with zero attached hydrogens (tertiary/aromatic N) is 2. The third-order valence-electron chi connectivity index (χ3n) is 3.10. The Morgan fingerprint density at radius 2 is 2.10 bits per heavy atom. The molecule has 112 valence electrons. The fourth-order valence-electron chi connectivity index (χ4n) is 1.99. The summed E-state index contributed by atoms with van der Waals surface area (Å²) in [5.74, 6) is -0.681. The van der Waals surface area contributed by atoms with Crippen LogP contribution in [-0.2, 0) is 6.54 Å². The van der Waals surface area contributed by atoms with Crippen molar-refractivity contribution in [3.8, 4) is 0 Å². The number of nitrogens with two attached hydrogens (primary N) is 1. The monoisotopic (exact) mass is 283 g/mol. The number of rotatable bonds is 8. The Balaban J connectivity index is 2.63. The first-order valence-electron chi connectivity index (χ1n) is 6.64. The zero-order valence-electron chi connectivity index (χ0n) is 11.7. The van der Waals surface area contributed by atoms with Gasteiger partial charge in [0.1, 0.15) is 5.82 Å². The van der Waals surface area contributed by atoms with E-state index in [2.05, 4.69) is 5.16 Å². The lowest BCUT2D eigenvalue weighted by molar-refractivity contribution is 0.270. The van der Waals surface area contributed by atoms with Gasteiger partial charge in [0.15, 0.2) is 5.84 Å². The molecule has 1 rings (SSSR count). The molecule has 0 spiro atoms. The maximum atomic E-state index is 14.2. The first kappa shape index (κ1) is 16.4. The first-order valence-corrected chi connectivity index (χ1v) is 6.64. The summed E-state index contributed by atoms with van der Waals surface area (Å²) in [4.78, 5) is 2.01. The van der Waals surface area contributed by atoms with Gasteiger partial charge in [0.2, 0.25) is 0 Å². The average molecular weight is 283 g/mol. The van der Waals surface area contributed by atoms with E-state index in [0.717, 1.165) is 25.8 Å². The van der Waals surface area contributed by atoms with Gasteiger partial charge in [-0.2, -0.15) is 0 Å². The second-order valence-electron chi connectivity index (χ2n) is 4.79. The molecule has 4 N–H and O–H groups in total. The Morgan fingerprint density at radius 3 is 2.75 bits per heavy atom. The second-order valence-corrected chi connectivity index (χ2v) is 4.79. The summed E-state index contributed by atoms with van der Waals surface area (Å²) in [5.41, 5.74) is 6.05. The molecule has 0 aliphatic carbocycles. The summed E-state index contributed by atoms with van der Waals surface area (Å²) < 4.78 is 14.2. The van der Waals surface area contributed by atoms with Gasteiger partial charge in [-0.1, -0.05) is 17.3 Å². The molecular formula is C14H22FN3O2. The molecule has 0 amide bonds. The van der Waals surface area contributed by atoms with Gasteiger partial charge in [-0.25, -0.2) is 4.39 Å². The van der Waals surface area contributed by atoms with E-state index in [1.165, 1.54) is 6.07 Å². The summed E-state index contributed by atoms with van der Waals surface area (Å²) in [7, 11) is 1.91. The summed E-state index contributed by atoms with van der Waals surface area (Å²) >= 11 is 0. The normalized spacial score (nSPS) is 12.1. The van der Waals surface area contributed by atoms with Gasteiger partial charge >= 0.3 is 0 Å². The van der Waals surface area contributed by atoms with E-state index in [9.17, 15) is 4.39 Å². The van der Waals surface area contributed by atoms with Crippen molar-refractivity contribution in [3.63, 3.8) is 0 Å². The number of oxime groups is 1. The highest BCUT2D eigenvalue weighted by molar-refractivity contribution is 5.97. The maximum absolute atomic E-state index is 14.2. The van der Waals surface area contributed by atoms with Crippen molar-refractivity contribution in [1.82, 2.24) is 4.90 Å². The maximum Gasteiger partial charge on any atom is 0.173 e. The van der Waals surface area contributed by atoms with Crippen LogP contribution in [0.5, 0.6) is 0 Å². The molecule has 0 aromatic heterocycles. The van der Waals surface area contributed by atoms with Crippen LogP contribution in [-0.4, -0.2) is 41.2 Å². The summed E-state index contributed by atoms with van der Waals surface area (Å²) in [6.07, 6.45) is 2.70. The average Bonchev–Trinajstić information content (AvgIpc) is 2.45. The molecule has 0 unspecified atom stereocenters. The van der Waals surface area contributed by atoms with E-state index in [1.807, 2.05) is 11.9 Å². The van der Waals surface area contributed by atoms with Crippen LogP contribution in [0.4, 0.5) is 4.39 Å².